The summed E-state index contributed by atoms with van der Waals surface area (Å²) in [5.74, 6) is -0.751. The van der Waals surface area contributed by atoms with E-state index in [-0.39, 0.29) is 5.92 Å². The summed E-state index contributed by atoms with van der Waals surface area (Å²) in [6.45, 7) is -1.40. The lowest BCUT2D eigenvalue weighted by atomic mass is 9.94. The van der Waals surface area contributed by atoms with Crippen molar-refractivity contribution >= 4 is 17.0 Å². The fourth-order valence-electron chi connectivity index (χ4n) is 2.36. The molecule has 4 atom stereocenters. The van der Waals surface area contributed by atoms with E-state index in [1.807, 2.05) is 12.2 Å². The summed E-state index contributed by atoms with van der Waals surface area (Å²) < 4.78 is 50.0. The van der Waals surface area contributed by atoms with E-state index in [0.29, 0.717) is 12.3 Å². The third kappa shape index (κ3) is 2.55. The van der Waals surface area contributed by atoms with Crippen LogP contribution in [0.3, 0.4) is 0 Å². The predicted molar refractivity (Wildman–Crippen MR) is 53.7 cm³/mol. The van der Waals surface area contributed by atoms with E-state index in [1.54, 1.807) is 0 Å². The highest BCUT2D eigenvalue weighted by Crippen LogP contribution is 2.43. The minimum Gasteiger partial charge on any atom is -0.768 e. The van der Waals surface area contributed by atoms with E-state index >= 15 is 0 Å². The van der Waals surface area contributed by atoms with Crippen molar-refractivity contribution in [3.63, 3.8) is 0 Å². The summed E-state index contributed by atoms with van der Waals surface area (Å²) >= 11 is -3.57. The van der Waals surface area contributed by atoms with E-state index in [0.717, 1.165) is 6.42 Å². The van der Waals surface area contributed by atoms with Gasteiger partial charge in [0.25, 0.3) is 0 Å². The molecule has 2 aliphatic rings. The van der Waals surface area contributed by atoms with Gasteiger partial charge in [0, 0.05) is 11.1 Å². The Morgan fingerprint density at radius 1 is 1.47 bits per heavy atom. The van der Waals surface area contributed by atoms with Gasteiger partial charge in [-0.2, -0.15) is 8.78 Å². The molecule has 2 rings (SSSR count). The molecule has 96 valence electrons. The topological polar surface area (TPSA) is 66.4 Å². The normalized spacial score (nSPS) is 32.8. The van der Waals surface area contributed by atoms with Crippen molar-refractivity contribution in [2.75, 3.05) is 6.61 Å². The Balaban J connectivity index is 1.86. The molecule has 0 aromatic heterocycles. The van der Waals surface area contributed by atoms with E-state index in [9.17, 15) is 22.3 Å². The number of fused-ring (bicyclic) bond motifs is 2. The van der Waals surface area contributed by atoms with Crippen molar-refractivity contribution in [3.05, 3.63) is 12.2 Å². The SMILES string of the molecule is O=C(OCC(F)(F)S(=O)[O-])C1CC2C=CC1C2. The lowest BCUT2D eigenvalue weighted by Crippen LogP contribution is -2.33. The van der Waals surface area contributed by atoms with Gasteiger partial charge in [0.15, 0.2) is 6.61 Å². The smallest absolute Gasteiger partial charge is 0.342 e. The van der Waals surface area contributed by atoms with Gasteiger partial charge >= 0.3 is 11.2 Å². The Bertz CT molecular complexity index is 383. The van der Waals surface area contributed by atoms with Crippen molar-refractivity contribution in [1.82, 2.24) is 0 Å². The Hall–Kier alpha value is -0.820. The Morgan fingerprint density at radius 2 is 2.18 bits per heavy atom. The highest BCUT2D eigenvalue weighted by atomic mass is 32.2. The highest BCUT2D eigenvalue weighted by molar-refractivity contribution is 7.80. The number of esters is 1. The fourth-order valence-corrected chi connectivity index (χ4v) is 2.52. The third-order valence-electron chi connectivity index (χ3n) is 3.21. The average Bonchev–Trinajstić information content (AvgIpc) is 2.87. The largest absolute Gasteiger partial charge is 0.768 e. The number of carbonyl (C=O) groups excluding carboxylic acids is 1. The van der Waals surface area contributed by atoms with Crippen molar-refractivity contribution in [2.24, 2.45) is 17.8 Å². The van der Waals surface area contributed by atoms with E-state index in [4.69, 9.17) is 0 Å². The molecule has 0 spiro atoms. The van der Waals surface area contributed by atoms with Crippen LogP contribution >= 0.6 is 0 Å². The number of hydrogen-bond donors (Lipinski definition) is 0. The second kappa shape index (κ2) is 4.45. The van der Waals surface area contributed by atoms with Gasteiger partial charge in [-0.3, -0.25) is 9.00 Å². The number of rotatable bonds is 4. The summed E-state index contributed by atoms with van der Waals surface area (Å²) in [6.07, 6.45) is 5.36. The molecule has 1 fully saturated rings. The molecule has 0 saturated heterocycles. The Labute approximate surface area is 99.3 Å². The van der Waals surface area contributed by atoms with Crippen molar-refractivity contribution in [1.29, 1.82) is 0 Å². The van der Waals surface area contributed by atoms with Crippen LogP contribution in [0.15, 0.2) is 12.2 Å². The predicted octanol–water partition coefficient (Wildman–Crippen LogP) is 1.21. The molecule has 1 saturated carbocycles. The Morgan fingerprint density at radius 3 is 2.65 bits per heavy atom. The molecule has 0 aromatic rings. The molecule has 4 unspecified atom stereocenters. The summed E-state index contributed by atoms with van der Waals surface area (Å²) in [5, 5.41) is -4.01. The summed E-state index contributed by atoms with van der Waals surface area (Å²) in [7, 11) is 0. The molecule has 4 nitrogen and oxygen atoms in total. The maximum Gasteiger partial charge on any atom is 0.342 e. The zero-order chi connectivity index (χ0) is 12.6. The molecular weight excluding hydrogens is 254 g/mol. The first kappa shape index (κ1) is 12.6. The molecule has 0 aromatic carbocycles. The number of halogens is 2. The standard InChI is InChI=1S/C10H12F2O4S/c11-10(12,17(14)15)5-16-9(13)8-4-6-1-2-7(8)3-6/h1-2,6-8H,3-5H2,(H,14,15)/p-1. The number of alkyl halides is 2. The van der Waals surface area contributed by atoms with Crippen LogP contribution in [0.1, 0.15) is 12.8 Å². The van der Waals surface area contributed by atoms with Crippen LogP contribution in [0.4, 0.5) is 8.78 Å². The number of hydrogen-bond acceptors (Lipinski definition) is 4. The van der Waals surface area contributed by atoms with Gasteiger partial charge in [0.1, 0.15) is 0 Å². The van der Waals surface area contributed by atoms with Crippen LogP contribution < -0.4 is 0 Å². The molecule has 0 N–H and O–H groups in total. The maximum absolute atomic E-state index is 12.7. The zero-order valence-electron chi connectivity index (χ0n) is 8.81. The van der Waals surface area contributed by atoms with Gasteiger partial charge in [-0.05, 0) is 24.7 Å². The van der Waals surface area contributed by atoms with Gasteiger partial charge in [0.2, 0.25) is 0 Å². The average molecular weight is 265 g/mol. The van der Waals surface area contributed by atoms with Crippen molar-refractivity contribution in [3.8, 4) is 0 Å². The zero-order valence-corrected chi connectivity index (χ0v) is 9.62. The molecular formula is C10H11F2O4S-. The minimum atomic E-state index is -4.01. The lowest BCUT2D eigenvalue weighted by Gasteiger charge is -2.21. The Kier molecular flexibility index (Phi) is 3.31. The second-order valence-electron chi connectivity index (χ2n) is 4.37. The van der Waals surface area contributed by atoms with Gasteiger partial charge in [0.05, 0.1) is 5.92 Å². The molecule has 0 radical (unpaired) electrons. The van der Waals surface area contributed by atoms with E-state index < -0.39 is 34.8 Å². The van der Waals surface area contributed by atoms with Crippen LogP contribution in [0.2, 0.25) is 0 Å². The third-order valence-corrected chi connectivity index (χ3v) is 3.81. The summed E-state index contributed by atoms with van der Waals surface area (Å²) in [6, 6.07) is 0. The molecule has 2 aliphatic carbocycles. The van der Waals surface area contributed by atoms with Crippen molar-refractivity contribution < 1.29 is 27.1 Å². The van der Waals surface area contributed by atoms with Gasteiger partial charge in [-0.1, -0.05) is 12.2 Å². The van der Waals surface area contributed by atoms with Crippen LogP contribution in [0, 0.1) is 17.8 Å². The van der Waals surface area contributed by atoms with Crippen LogP contribution in [0.5, 0.6) is 0 Å². The van der Waals surface area contributed by atoms with E-state index in [1.165, 1.54) is 0 Å². The molecule has 0 aliphatic heterocycles. The molecule has 0 heterocycles. The number of carbonyl (C=O) groups is 1. The van der Waals surface area contributed by atoms with Crippen LogP contribution in [0.25, 0.3) is 0 Å². The van der Waals surface area contributed by atoms with Crippen LogP contribution in [-0.2, 0) is 20.6 Å². The van der Waals surface area contributed by atoms with Gasteiger partial charge in [-0.15, -0.1) is 0 Å². The second-order valence-corrected chi connectivity index (χ2v) is 5.43. The number of allylic oxidation sites excluding steroid dienone is 2. The molecule has 7 heteroatoms. The quantitative estimate of drug-likeness (QED) is 0.435. The first-order valence-electron chi connectivity index (χ1n) is 5.22. The van der Waals surface area contributed by atoms with Gasteiger partial charge in [-0.25, -0.2) is 0 Å². The molecule has 0 amide bonds. The minimum absolute atomic E-state index is 0.0545. The fraction of sp³-hybridized carbons (Fsp3) is 0.700. The summed E-state index contributed by atoms with van der Waals surface area (Å²) in [5.41, 5.74) is 0. The van der Waals surface area contributed by atoms with Gasteiger partial charge < -0.3 is 9.29 Å². The maximum atomic E-state index is 12.7. The molecule has 2 bridgehead atoms. The first-order chi connectivity index (χ1) is 7.90. The van der Waals surface area contributed by atoms with E-state index in [2.05, 4.69) is 4.74 Å². The monoisotopic (exact) mass is 265 g/mol. The molecule has 17 heavy (non-hydrogen) atoms. The number of ether oxygens (including phenoxy) is 1. The van der Waals surface area contributed by atoms with Crippen LogP contribution in [-0.4, -0.2) is 26.6 Å². The first-order valence-corrected chi connectivity index (χ1v) is 6.30. The lowest BCUT2D eigenvalue weighted by molar-refractivity contribution is -0.155. The highest BCUT2D eigenvalue weighted by Gasteiger charge is 2.42. The summed E-state index contributed by atoms with van der Waals surface area (Å²) in [4.78, 5) is 11.5. The van der Waals surface area contributed by atoms with Crippen molar-refractivity contribution in [2.45, 2.75) is 18.1 Å².